The molecule has 0 radical (unpaired) electrons. The highest BCUT2D eigenvalue weighted by Crippen LogP contribution is 2.10. The van der Waals surface area contributed by atoms with Crippen LogP contribution in [0.25, 0.3) is 0 Å². The van der Waals surface area contributed by atoms with E-state index < -0.39 is 0 Å². The Morgan fingerprint density at radius 2 is 2.33 bits per heavy atom. The Labute approximate surface area is 55.5 Å². The van der Waals surface area contributed by atoms with Crippen molar-refractivity contribution in [1.29, 1.82) is 0 Å². The molecule has 2 atom stereocenters. The van der Waals surface area contributed by atoms with Crippen molar-refractivity contribution in [2.24, 2.45) is 0 Å². The molecule has 0 aromatic carbocycles. The molecule has 0 aromatic rings. The number of hydrogen-bond acceptors (Lipinski definition) is 2. The Kier molecular flexibility index (Phi) is 2.25. The van der Waals surface area contributed by atoms with Gasteiger partial charge in [0, 0.05) is 0 Å². The largest absolute Gasteiger partial charge is 0.350 e. The SMILES string of the molecule is C/C=C/[C@H]1COC(C)O1. The third-order valence-corrected chi connectivity index (χ3v) is 1.27. The van der Waals surface area contributed by atoms with Crippen molar-refractivity contribution < 1.29 is 9.47 Å². The minimum atomic E-state index is -0.0220. The van der Waals surface area contributed by atoms with Gasteiger partial charge in [0.15, 0.2) is 6.29 Å². The van der Waals surface area contributed by atoms with E-state index in [1.807, 2.05) is 26.0 Å². The summed E-state index contributed by atoms with van der Waals surface area (Å²) >= 11 is 0. The summed E-state index contributed by atoms with van der Waals surface area (Å²) in [6.45, 7) is 4.58. The first-order valence-electron chi connectivity index (χ1n) is 3.23. The van der Waals surface area contributed by atoms with Crippen LogP contribution in [0.4, 0.5) is 0 Å². The van der Waals surface area contributed by atoms with Gasteiger partial charge in [-0.15, -0.1) is 0 Å². The lowest BCUT2D eigenvalue weighted by molar-refractivity contribution is -0.0349. The van der Waals surface area contributed by atoms with Crippen molar-refractivity contribution in [3.05, 3.63) is 12.2 Å². The topological polar surface area (TPSA) is 18.5 Å². The molecule has 0 N–H and O–H groups in total. The van der Waals surface area contributed by atoms with Crippen LogP contribution in [0.15, 0.2) is 12.2 Å². The molecule has 0 bridgehead atoms. The van der Waals surface area contributed by atoms with Gasteiger partial charge < -0.3 is 9.47 Å². The molecule has 0 saturated carbocycles. The second-order valence-electron chi connectivity index (χ2n) is 2.10. The zero-order chi connectivity index (χ0) is 6.69. The molecule has 1 rings (SSSR count). The highest BCUT2D eigenvalue weighted by molar-refractivity contribution is 4.88. The van der Waals surface area contributed by atoms with E-state index in [0.29, 0.717) is 6.61 Å². The van der Waals surface area contributed by atoms with Crippen LogP contribution in [0.1, 0.15) is 13.8 Å². The van der Waals surface area contributed by atoms with Crippen LogP contribution in [0.5, 0.6) is 0 Å². The maximum Gasteiger partial charge on any atom is 0.155 e. The summed E-state index contributed by atoms with van der Waals surface area (Å²) in [5.41, 5.74) is 0. The van der Waals surface area contributed by atoms with Crippen molar-refractivity contribution in [1.82, 2.24) is 0 Å². The van der Waals surface area contributed by atoms with Crippen LogP contribution in [0, 0.1) is 0 Å². The molecule has 9 heavy (non-hydrogen) atoms. The third kappa shape index (κ3) is 1.80. The summed E-state index contributed by atoms with van der Waals surface area (Å²) in [5, 5.41) is 0. The van der Waals surface area contributed by atoms with Crippen LogP contribution in [-0.2, 0) is 9.47 Å². The summed E-state index contributed by atoms with van der Waals surface area (Å²) in [6.07, 6.45) is 4.14. The predicted octanol–water partition coefficient (Wildman–Crippen LogP) is 1.32. The average Bonchev–Trinajstić information content (AvgIpc) is 2.17. The highest BCUT2D eigenvalue weighted by Gasteiger charge is 2.18. The molecular weight excluding hydrogens is 116 g/mol. The van der Waals surface area contributed by atoms with E-state index in [2.05, 4.69) is 0 Å². The van der Waals surface area contributed by atoms with Gasteiger partial charge in [-0.3, -0.25) is 0 Å². The second kappa shape index (κ2) is 2.99. The zero-order valence-corrected chi connectivity index (χ0v) is 5.83. The van der Waals surface area contributed by atoms with Gasteiger partial charge in [0.05, 0.1) is 6.61 Å². The molecule has 1 aliphatic rings. The summed E-state index contributed by atoms with van der Waals surface area (Å²) in [5.74, 6) is 0. The maximum absolute atomic E-state index is 5.29. The number of rotatable bonds is 1. The Balaban J connectivity index is 2.30. The van der Waals surface area contributed by atoms with E-state index in [0.717, 1.165) is 0 Å². The predicted molar refractivity (Wildman–Crippen MR) is 35.1 cm³/mol. The van der Waals surface area contributed by atoms with E-state index in [1.54, 1.807) is 0 Å². The molecule has 1 unspecified atom stereocenters. The second-order valence-corrected chi connectivity index (χ2v) is 2.10. The molecule has 2 nitrogen and oxygen atoms in total. The average molecular weight is 128 g/mol. The number of hydrogen-bond donors (Lipinski definition) is 0. The Morgan fingerprint density at radius 1 is 1.56 bits per heavy atom. The van der Waals surface area contributed by atoms with Crippen LogP contribution in [-0.4, -0.2) is 19.0 Å². The van der Waals surface area contributed by atoms with Crippen molar-refractivity contribution in [3.8, 4) is 0 Å². The lowest BCUT2D eigenvalue weighted by Crippen LogP contribution is -2.05. The normalized spacial score (nSPS) is 36.2. The molecule has 0 amide bonds. The van der Waals surface area contributed by atoms with Crippen molar-refractivity contribution in [2.45, 2.75) is 26.2 Å². The molecule has 52 valence electrons. The maximum atomic E-state index is 5.29. The molecular formula is C7H12O2. The van der Waals surface area contributed by atoms with Gasteiger partial charge >= 0.3 is 0 Å². The van der Waals surface area contributed by atoms with Gasteiger partial charge in [0.1, 0.15) is 6.10 Å². The lowest BCUT2D eigenvalue weighted by atomic mass is 10.3. The van der Waals surface area contributed by atoms with Crippen LogP contribution < -0.4 is 0 Å². The smallest absolute Gasteiger partial charge is 0.155 e. The Morgan fingerprint density at radius 3 is 2.78 bits per heavy atom. The first kappa shape index (κ1) is 6.78. The first-order chi connectivity index (χ1) is 4.33. The van der Waals surface area contributed by atoms with Gasteiger partial charge in [-0.05, 0) is 13.8 Å². The zero-order valence-electron chi connectivity index (χ0n) is 5.83. The van der Waals surface area contributed by atoms with Crippen LogP contribution >= 0.6 is 0 Å². The molecule has 0 aliphatic carbocycles. The number of ether oxygens (including phenoxy) is 2. The van der Waals surface area contributed by atoms with Crippen LogP contribution in [0.2, 0.25) is 0 Å². The van der Waals surface area contributed by atoms with Crippen molar-refractivity contribution in [3.63, 3.8) is 0 Å². The fourth-order valence-corrected chi connectivity index (χ4v) is 0.871. The minimum absolute atomic E-state index is 0.0220. The lowest BCUT2D eigenvalue weighted by Gasteiger charge is -2.00. The first-order valence-corrected chi connectivity index (χ1v) is 3.23. The molecule has 0 spiro atoms. The summed E-state index contributed by atoms with van der Waals surface area (Å²) in [4.78, 5) is 0. The third-order valence-electron chi connectivity index (χ3n) is 1.27. The van der Waals surface area contributed by atoms with Crippen molar-refractivity contribution >= 4 is 0 Å². The Hall–Kier alpha value is -0.340. The molecule has 0 aromatic heterocycles. The van der Waals surface area contributed by atoms with Gasteiger partial charge in [0.2, 0.25) is 0 Å². The standard InChI is InChI=1S/C7H12O2/c1-3-4-7-5-8-6(2)9-7/h3-4,6-7H,5H2,1-2H3/b4-3+/t6?,7-/m0/s1. The molecule has 1 aliphatic heterocycles. The molecule has 1 saturated heterocycles. The summed E-state index contributed by atoms with van der Waals surface area (Å²) < 4.78 is 10.4. The van der Waals surface area contributed by atoms with E-state index in [9.17, 15) is 0 Å². The fraction of sp³-hybridized carbons (Fsp3) is 0.714. The van der Waals surface area contributed by atoms with Crippen molar-refractivity contribution in [2.75, 3.05) is 6.61 Å². The monoisotopic (exact) mass is 128 g/mol. The summed E-state index contributed by atoms with van der Waals surface area (Å²) in [7, 11) is 0. The molecule has 2 heteroatoms. The van der Waals surface area contributed by atoms with Crippen LogP contribution in [0.3, 0.4) is 0 Å². The highest BCUT2D eigenvalue weighted by atomic mass is 16.7. The van der Waals surface area contributed by atoms with E-state index in [-0.39, 0.29) is 12.4 Å². The fourth-order valence-electron chi connectivity index (χ4n) is 0.871. The Bertz CT molecular complexity index is 109. The van der Waals surface area contributed by atoms with E-state index in [1.165, 1.54) is 0 Å². The minimum Gasteiger partial charge on any atom is -0.350 e. The quantitative estimate of drug-likeness (QED) is 0.496. The number of allylic oxidation sites excluding steroid dienone is 1. The molecule has 1 heterocycles. The van der Waals surface area contributed by atoms with Gasteiger partial charge in [-0.1, -0.05) is 12.2 Å². The van der Waals surface area contributed by atoms with E-state index in [4.69, 9.17) is 9.47 Å². The molecule has 1 fully saturated rings. The summed E-state index contributed by atoms with van der Waals surface area (Å²) in [6, 6.07) is 0. The van der Waals surface area contributed by atoms with Gasteiger partial charge in [-0.25, -0.2) is 0 Å². The van der Waals surface area contributed by atoms with Gasteiger partial charge in [-0.2, -0.15) is 0 Å². The van der Waals surface area contributed by atoms with E-state index >= 15 is 0 Å². The van der Waals surface area contributed by atoms with Gasteiger partial charge in [0.25, 0.3) is 0 Å².